The van der Waals surface area contributed by atoms with Crippen LogP contribution in [0.25, 0.3) is 0 Å². The molecule has 0 aliphatic carbocycles. The van der Waals surface area contributed by atoms with Crippen LogP contribution in [0.15, 0.2) is 41.8 Å². The Labute approximate surface area is 138 Å². The fraction of sp³-hybridized carbons (Fsp3) is 0.250. The number of nitrogens with one attached hydrogen (secondary N) is 3. The molecule has 7 heteroatoms. The summed E-state index contributed by atoms with van der Waals surface area (Å²) in [5.74, 6) is -0.944. The third-order valence-electron chi connectivity index (χ3n) is 3.29. The molecule has 2 rings (SSSR count). The number of urea groups is 1. The van der Waals surface area contributed by atoms with E-state index in [0.717, 1.165) is 18.0 Å². The van der Waals surface area contributed by atoms with E-state index in [1.807, 2.05) is 24.4 Å². The van der Waals surface area contributed by atoms with Gasteiger partial charge in [0.25, 0.3) is 5.91 Å². The second-order valence-corrected chi connectivity index (χ2v) is 6.05. The van der Waals surface area contributed by atoms with Gasteiger partial charge in [-0.15, -0.1) is 11.3 Å². The number of carbonyl (C=O) groups is 2. The zero-order valence-electron chi connectivity index (χ0n) is 12.8. The van der Waals surface area contributed by atoms with Crippen LogP contribution in [-0.4, -0.2) is 25.0 Å². The molecule has 1 aromatic heterocycles. The van der Waals surface area contributed by atoms with Gasteiger partial charge in [-0.2, -0.15) is 0 Å². The number of anilines is 1. The summed E-state index contributed by atoms with van der Waals surface area (Å²) in [6.07, 6.45) is 0. The highest BCUT2D eigenvalue weighted by Gasteiger charge is 2.16. The van der Waals surface area contributed by atoms with Gasteiger partial charge in [-0.1, -0.05) is 18.2 Å². The van der Waals surface area contributed by atoms with Crippen molar-refractivity contribution in [1.29, 1.82) is 0 Å². The number of hydrogen-bond acceptors (Lipinski definition) is 3. The maximum Gasteiger partial charge on any atom is 0.326 e. The molecule has 1 unspecified atom stereocenters. The molecule has 3 N–H and O–H groups in total. The minimum atomic E-state index is -0.730. The molecule has 0 radical (unpaired) electrons. The number of imide groups is 1. The van der Waals surface area contributed by atoms with Crippen molar-refractivity contribution in [2.24, 2.45) is 0 Å². The minimum Gasteiger partial charge on any atom is -0.323 e. The van der Waals surface area contributed by atoms with Gasteiger partial charge in [0.05, 0.1) is 17.1 Å². The monoisotopic (exact) mass is 336 g/mol. The predicted molar refractivity (Wildman–Crippen MR) is 88.0 cm³/mol. The number of thiophene rings is 1. The fourth-order valence-electron chi connectivity index (χ4n) is 2.09. The van der Waals surface area contributed by atoms with Crippen LogP contribution < -0.4 is 15.5 Å². The molecule has 2 aromatic rings. The van der Waals surface area contributed by atoms with Crippen molar-refractivity contribution in [3.63, 3.8) is 0 Å². The number of carbonyl (C=O) groups excluding carboxylic acids is 2. The van der Waals surface area contributed by atoms with Gasteiger partial charge >= 0.3 is 6.03 Å². The van der Waals surface area contributed by atoms with E-state index in [4.69, 9.17) is 0 Å². The van der Waals surface area contributed by atoms with E-state index in [9.17, 15) is 14.0 Å². The Kier molecular flexibility index (Phi) is 6.25. The lowest BCUT2D eigenvalue weighted by Crippen LogP contribution is -3.11. The van der Waals surface area contributed by atoms with Crippen LogP contribution >= 0.6 is 11.3 Å². The summed E-state index contributed by atoms with van der Waals surface area (Å²) in [6.45, 7) is 3.66. The van der Waals surface area contributed by atoms with E-state index in [0.29, 0.717) is 0 Å². The lowest BCUT2D eigenvalue weighted by Gasteiger charge is -2.16. The average molecular weight is 336 g/mol. The summed E-state index contributed by atoms with van der Waals surface area (Å²) in [4.78, 5) is 25.9. The molecule has 23 heavy (non-hydrogen) atoms. The first-order valence-corrected chi connectivity index (χ1v) is 8.17. The summed E-state index contributed by atoms with van der Waals surface area (Å²) >= 11 is 1.64. The highest BCUT2D eigenvalue weighted by molar-refractivity contribution is 7.09. The lowest BCUT2D eigenvalue weighted by molar-refractivity contribution is -0.903. The standard InChI is InChI=1S/C16H18FN3O2S/c1-2-20(10-12-6-5-9-23-12)11-15(21)19-16(22)18-14-8-4-3-7-13(14)17/h3-9H,2,10-11H2,1H3,(H2,18,19,21,22)/p+1. The number of amides is 3. The van der Waals surface area contributed by atoms with E-state index in [-0.39, 0.29) is 12.2 Å². The molecule has 0 aliphatic heterocycles. The largest absolute Gasteiger partial charge is 0.326 e. The molecule has 1 heterocycles. The molecule has 1 atom stereocenters. The molecule has 0 saturated carbocycles. The van der Waals surface area contributed by atoms with Crippen LogP contribution in [-0.2, 0) is 11.3 Å². The number of rotatable bonds is 6. The summed E-state index contributed by atoms with van der Waals surface area (Å²) in [5, 5.41) is 6.54. The summed E-state index contributed by atoms with van der Waals surface area (Å²) < 4.78 is 13.4. The van der Waals surface area contributed by atoms with E-state index in [2.05, 4.69) is 10.6 Å². The van der Waals surface area contributed by atoms with Gasteiger partial charge in [-0.25, -0.2) is 9.18 Å². The number of para-hydroxylation sites is 1. The Morgan fingerprint density at radius 1 is 1.22 bits per heavy atom. The van der Waals surface area contributed by atoms with E-state index in [1.165, 1.54) is 23.1 Å². The van der Waals surface area contributed by atoms with E-state index < -0.39 is 17.8 Å². The smallest absolute Gasteiger partial charge is 0.323 e. The van der Waals surface area contributed by atoms with E-state index >= 15 is 0 Å². The van der Waals surface area contributed by atoms with Crippen molar-refractivity contribution in [1.82, 2.24) is 5.32 Å². The van der Waals surface area contributed by atoms with Crippen molar-refractivity contribution in [3.05, 3.63) is 52.5 Å². The van der Waals surface area contributed by atoms with Crippen molar-refractivity contribution in [3.8, 4) is 0 Å². The zero-order chi connectivity index (χ0) is 16.7. The van der Waals surface area contributed by atoms with Gasteiger partial charge in [0.1, 0.15) is 12.4 Å². The molecule has 1 aromatic carbocycles. The van der Waals surface area contributed by atoms with Gasteiger partial charge in [0, 0.05) is 0 Å². The maximum atomic E-state index is 13.4. The molecule has 5 nitrogen and oxygen atoms in total. The fourth-order valence-corrected chi connectivity index (χ4v) is 2.86. The predicted octanol–water partition coefficient (Wildman–Crippen LogP) is 1.64. The van der Waals surface area contributed by atoms with Crippen LogP contribution in [0.4, 0.5) is 14.9 Å². The van der Waals surface area contributed by atoms with Gasteiger partial charge < -0.3 is 10.2 Å². The van der Waals surface area contributed by atoms with Crippen molar-refractivity contribution in [2.75, 3.05) is 18.4 Å². The summed E-state index contributed by atoms with van der Waals surface area (Å²) in [6, 6.07) is 9.05. The Bertz CT molecular complexity index is 661. The molecule has 0 aliphatic rings. The summed E-state index contributed by atoms with van der Waals surface area (Å²) in [5.41, 5.74) is 0.0380. The van der Waals surface area contributed by atoms with Crippen molar-refractivity contribution in [2.45, 2.75) is 13.5 Å². The highest BCUT2D eigenvalue weighted by atomic mass is 32.1. The SMILES string of the molecule is CC[NH+](CC(=O)NC(=O)Nc1ccccc1F)Cc1cccs1. The molecular formula is C16H19FN3O2S+. The molecular weight excluding hydrogens is 317 g/mol. The molecule has 0 fully saturated rings. The first-order chi connectivity index (χ1) is 11.1. The first kappa shape index (κ1) is 17.1. The van der Waals surface area contributed by atoms with Crippen molar-refractivity contribution < 1.29 is 18.9 Å². The highest BCUT2D eigenvalue weighted by Crippen LogP contribution is 2.11. The summed E-state index contributed by atoms with van der Waals surface area (Å²) in [7, 11) is 0. The quantitative estimate of drug-likeness (QED) is 0.751. The van der Waals surface area contributed by atoms with Gasteiger partial charge in [-0.3, -0.25) is 10.1 Å². The Balaban J connectivity index is 1.83. The van der Waals surface area contributed by atoms with Gasteiger partial charge in [0.15, 0.2) is 6.54 Å². The topological polar surface area (TPSA) is 62.6 Å². The van der Waals surface area contributed by atoms with Crippen LogP contribution in [0.2, 0.25) is 0 Å². The Morgan fingerprint density at radius 3 is 2.65 bits per heavy atom. The first-order valence-electron chi connectivity index (χ1n) is 7.29. The minimum absolute atomic E-state index is 0.0380. The second-order valence-electron chi connectivity index (χ2n) is 5.02. The maximum absolute atomic E-state index is 13.4. The lowest BCUT2D eigenvalue weighted by atomic mass is 10.3. The van der Waals surface area contributed by atoms with Crippen molar-refractivity contribution >= 4 is 29.0 Å². The van der Waals surface area contributed by atoms with Crippen LogP contribution in [0.5, 0.6) is 0 Å². The molecule has 0 bridgehead atoms. The van der Waals surface area contributed by atoms with Crippen LogP contribution in [0, 0.1) is 5.82 Å². The average Bonchev–Trinajstić information content (AvgIpc) is 3.01. The normalized spacial score (nSPS) is 11.7. The molecule has 3 amide bonds. The molecule has 0 saturated heterocycles. The Morgan fingerprint density at radius 2 is 2.00 bits per heavy atom. The number of quaternary nitrogens is 1. The molecule has 0 spiro atoms. The molecule has 122 valence electrons. The van der Waals surface area contributed by atoms with Gasteiger partial charge in [0.2, 0.25) is 0 Å². The van der Waals surface area contributed by atoms with Crippen LogP contribution in [0.3, 0.4) is 0 Å². The zero-order valence-corrected chi connectivity index (χ0v) is 13.6. The Hall–Kier alpha value is -2.25. The third-order valence-corrected chi connectivity index (χ3v) is 4.17. The van der Waals surface area contributed by atoms with Crippen LogP contribution in [0.1, 0.15) is 11.8 Å². The number of hydrogen-bond donors (Lipinski definition) is 3. The van der Waals surface area contributed by atoms with E-state index in [1.54, 1.807) is 17.4 Å². The number of benzene rings is 1. The third kappa shape index (κ3) is 5.46. The van der Waals surface area contributed by atoms with Gasteiger partial charge in [-0.05, 0) is 30.5 Å². The number of halogens is 1. The second kappa shape index (κ2) is 8.40. The number of likely N-dealkylation sites (N-methyl/N-ethyl adjacent to an activating group) is 1.